The van der Waals surface area contributed by atoms with Crippen molar-refractivity contribution in [2.45, 2.75) is 19.8 Å². The van der Waals surface area contributed by atoms with Crippen LogP contribution in [0.15, 0.2) is 114 Å². The van der Waals surface area contributed by atoms with Crippen LogP contribution in [-0.4, -0.2) is 35.0 Å². The van der Waals surface area contributed by atoms with Crippen LogP contribution in [0.4, 0.5) is 4.39 Å². The van der Waals surface area contributed by atoms with Crippen LogP contribution in [0.3, 0.4) is 0 Å². The van der Waals surface area contributed by atoms with Gasteiger partial charge in [-0.05, 0) is 41.0 Å². The van der Waals surface area contributed by atoms with E-state index in [1.165, 1.54) is 26.1 Å². The lowest BCUT2D eigenvalue weighted by Gasteiger charge is -2.14. The summed E-state index contributed by atoms with van der Waals surface area (Å²) in [6.07, 6.45) is 1.50. The molecule has 7 aromatic rings. The van der Waals surface area contributed by atoms with Crippen LogP contribution in [-0.2, 0) is 31.6 Å². The Labute approximate surface area is 267 Å². The van der Waals surface area contributed by atoms with Gasteiger partial charge in [-0.3, -0.25) is 18.6 Å². The second-order valence-corrected chi connectivity index (χ2v) is 11.0. The maximum Gasteiger partial charge on any atom is 0.333 e. The molecular weight excluding hydrogens is 601 g/mol. The van der Waals surface area contributed by atoms with Crippen molar-refractivity contribution in [2.75, 3.05) is 0 Å². The van der Waals surface area contributed by atoms with Crippen molar-refractivity contribution in [3.63, 3.8) is 0 Å². The molecule has 1 N–H and O–H groups in total. The molecule has 0 unspecified atom stereocenters. The number of carboxylic acids is 1. The van der Waals surface area contributed by atoms with E-state index < -0.39 is 11.8 Å². The summed E-state index contributed by atoms with van der Waals surface area (Å²) < 4.78 is 31.9. The number of benzene rings is 4. The number of nitrogens with zero attached hydrogens (tertiary/aromatic N) is 5. The lowest BCUT2D eigenvalue weighted by molar-refractivity contribution is -0.137. The molecule has 7 rings (SSSR count). The van der Waals surface area contributed by atoms with E-state index >= 15 is 4.39 Å². The molecule has 0 atom stereocenters. The standard InChI is InChI=1S/C36H28FN5O5/c1-40-32-17-25(27-16-26-19-38-41(20-34(43)44)31(26)18-28(27)37)12-13-29(32)42(36(40)45)30-14-15-33(46-21-23-8-4-2-5-9-23)39-35(30)47-22-24-10-6-3-7-11-24/h2-19H,20-22H2,1H3,(H,43,44). The normalized spacial score (nSPS) is 11.3. The fraction of sp³-hybridized carbons (Fsp3) is 0.111. The molecule has 10 nitrogen and oxygen atoms in total. The fourth-order valence-corrected chi connectivity index (χ4v) is 5.54. The summed E-state index contributed by atoms with van der Waals surface area (Å²) in [7, 11) is 1.65. The van der Waals surface area contributed by atoms with E-state index in [9.17, 15) is 9.59 Å². The smallest absolute Gasteiger partial charge is 0.333 e. The number of carbonyl (C=O) groups is 1. The monoisotopic (exact) mass is 629 g/mol. The lowest BCUT2D eigenvalue weighted by atomic mass is 10.0. The highest BCUT2D eigenvalue weighted by atomic mass is 19.1. The summed E-state index contributed by atoms with van der Waals surface area (Å²) in [5.74, 6) is -1.06. The van der Waals surface area contributed by atoms with Crippen LogP contribution >= 0.6 is 0 Å². The summed E-state index contributed by atoms with van der Waals surface area (Å²) >= 11 is 0. The van der Waals surface area contributed by atoms with Gasteiger partial charge in [0, 0.05) is 30.1 Å². The Morgan fingerprint density at radius 3 is 2.23 bits per heavy atom. The van der Waals surface area contributed by atoms with Gasteiger partial charge in [0.05, 0.1) is 22.7 Å². The first-order chi connectivity index (χ1) is 22.9. The maximum atomic E-state index is 15.4. The molecule has 234 valence electrons. The zero-order chi connectivity index (χ0) is 32.5. The predicted molar refractivity (Wildman–Crippen MR) is 174 cm³/mol. The molecule has 0 saturated carbocycles. The minimum atomic E-state index is -1.08. The number of aryl methyl sites for hydroxylation is 1. The fourth-order valence-electron chi connectivity index (χ4n) is 5.54. The predicted octanol–water partition coefficient (Wildman–Crippen LogP) is 6.12. The topological polar surface area (TPSA) is 113 Å². The van der Waals surface area contributed by atoms with Gasteiger partial charge in [-0.2, -0.15) is 10.1 Å². The first-order valence-corrected chi connectivity index (χ1v) is 14.8. The molecule has 0 aliphatic heterocycles. The van der Waals surface area contributed by atoms with Crippen molar-refractivity contribution in [3.05, 3.63) is 137 Å². The Morgan fingerprint density at radius 2 is 1.53 bits per heavy atom. The van der Waals surface area contributed by atoms with Gasteiger partial charge in [0.1, 0.15) is 31.3 Å². The molecule has 3 aromatic heterocycles. The number of aromatic nitrogens is 5. The second-order valence-electron chi connectivity index (χ2n) is 11.0. The highest BCUT2D eigenvalue weighted by Gasteiger charge is 2.20. The summed E-state index contributed by atoms with van der Waals surface area (Å²) in [6.45, 7) is 0.151. The number of imidazole rings is 1. The van der Waals surface area contributed by atoms with E-state index in [0.29, 0.717) is 51.2 Å². The number of carboxylic acid groups (broad SMARTS) is 1. The molecule has 3 heterocycles. The molecule has 47 heavy (non-hydrogen) atoms. The largest absolute Gasteiger partial charge is 0.480 e. The highest BCUT2D eigenvalue weighted by Crippen LogP contribution is 2.32. The average molecular weight is 630 g/mol. The minimum absolute atomic E-state index is 0.216. The van der Waals surface area contributed by atoms with Crippen molar-refractivity contribution in [1.82, 2.24) is 23.9 Å². The number of hydrogen-bond acceptors (Lipinski definition) is 6. The van der Waals surface area contributed by atoms with Crippen LogP contribution in [0.1, 0.15) is 11.1 Å². The van der Waals surface area contributed by atoms with Gasteiger partial charge in [0.2, 0.25) is 11.8 Å². The van der Waals surface area contributed by atoms with Crippen molar-refractivity contribution < 1.29 is 23.8 Å². The highest BCUT2D eigenvalue weighted by molar-refractivity contribution is 5.89. The number of pyridine rings is 1. The molecule has 0 amide bonds. The van der Waals surface area contributed by atoms with E-state index in [0.717, 1.165) is 11.1 Å². The number of ether oxygens (including phenoxy) is 2. The van der Waals surface area contributed by atoms with Crippen LogP contribution < -0.4 is 15.2 Å². The van der Waals surface area contributed by atoms with E-state index in [-0.39, 0.29) is 24.7 Å². The molecule has 0 spiro atoms. The molecule has 0 radical (unpaired) electrons. The van der Waals surface area contributed by atoms with Gasteiger partial charge in [0.25, 0.3) is 0 Å². The summed E-state index contributed by atoms with van der Waals surface area (Å²) in [4.78, 5) is 29.6. The third kappa shape index (κ3) is 5.82. The Morgan fingerprint density at radius 1 is 0.830 bits per heavy atom. The number of hydrogen-bond donors (Lipinski definition) is 1. The first kappa shape index (κ1) is 29.5. The Balaban J connectivity index is 1.28. The SMILES string of the molecule is Cn1c(=O)n(-c2ccc(OCc3ccccc3)nc2OCc2ccccc2)c2ccc(-c3cc4cnn(CC(=O)O)c4cc3F)cc21. The lowest BCUT2D eigenvalue weighted by Crippen LogP contribution is -2.21. The Bertz CT molecular complexity index is 2310. The van der Waals surface area contributed by atoms with Crippen LogP contribution in [0.2, 0.25) is 0 Å². The van der Waals surface area contributed by atoms with Crippen LogP contribution in [0.5, 0.6) is 11.8 Å². The van der Waals surface area contributed by atoms with Crippen molar-refractivity contribution in [2.24, 2.45) is 7.05 Å². The van der Waals surface area contributed by atoms with Crippen molar-refractivity contribution in [3.8, 4) is 28.6 Å². The molecular formula is C36H28FN5O5. The molecule has 0 saturated heterocycles. The Hall–Kier alpha value is -6.23. The van der Waals surface area contributed by atoms with E-state index in [1.54, 1.807) is 43.4 Å². The van der Waals surface area contributed by atoms with Gasteiger partial charge >= 0.3 is 11.7 Å². The van der Waals surface area contributed by atoms with E-state index in [2.05, 4.69) is 10.1 Å². The zero-order valence-corrected chi connectivity index (χ0v) is 25.2. The van der Waals surface area contributed by atoms with Crippen LogP contribution in [0, 0.1) is 5.82 Å². The zero-order valence-electron chi connectivity index (χ0n) is 25.2. The second kappa shape index (κ2) is 12.3. The third-order valence-corrected chi connectivity index (χ3v) is 7.89. The maximum absolute atomic E-state index is 15.4. The summed E-state index contributed by atoms with van der Waals surface area (Å²) in [5.41, 5.74) is 4.34. The number of rotatable bonds is 10. The van der Waals surface area contributed by atoms with Crippen LogP contribution in [0.25, 0.3) is 38.8 Å². The average Bonchev–Trinajstić information content (AvgIpc) is 3.58. The number of fused-ring (bicyclic) bond motifs is 2. The van der Waals surface area contributed by atoms with Gasteiger partial charge in [-0.15, -0.1) is 0 Å². The van der Waals surface area contributed by atoms with E-state index in [4.69, 9.17) is 14.6 Å². The molecule has 0 aliphatic carbocycles. The number of halogens is 1. The third-order valence-electron chi connectivity index (χ3n) is 7.89. The molecule has 11 heteroatoms. The summed E-state index contributed by atoms with van der Waals surface area (Å²) in [5, 5.41) is 13.8. The summed E-state index contributed by atoms with van der Waals surface area (Å²) in [6, 6.07) is 30.9. The quantitative estimate of drug-likeness (QED) is 0.194. The van der Waals surface area contributed by atoms with Gasteiger partial charge in [0.15, 0.2) is 0 Å². The number of aliphatic carboxylic acids is 1. The molecule has 0 aliphatic rings. The minimum Gasteiger partial charge on any atom is -0.480 e. The molecule has 0 bridgehead atoms. The van der Waals surface area contributed by atoms with Gasteiger partial charge < -0.3 is 14.6 Å². The Kier molecular flexibility index (Phi) is 7.70. The molecule has 4 aromatic carbocycles. The van der Waals surface area contributed by atoms with E-state index in [1.807, 2.05) is 60.7 Å². The van der Waals surface area contributed by atoms with Gasteiger partial charge in [-0.1, -0.05) is 66.7 Å². The first-order valence-electron chi connectivity index (χ1n) is 14.8. The van der Waals surface area contributed by atoms with Crippen molar-refractivity contribution in [1.29, 1.82) is 0 Å². The van der Waals surface area contributed by atoms with Gasteiger partial charge in [-0.25, -0.2) is 9.18 Å². The van der Waals surface area contributed by atoms with Crippen molar-refractivity contribution >= 4 is 27.9 Å². The molecule has 0 fully saturated rings.